The van der Waals surface area contributed by atoms with Gasteiger partial charge in [0.2, 0.25) is 0 Å². The van der Waals surface area contributed by atoms with Crippen molar-refractivity contribution < 1.29 is 23.4 Å². The molecule has 4 rings (SSSR count). The maximum Gasteiger partial charge on any atom is 0.397 e. The highest BCUT2D eigenvalue weighted by atomic mass is 19.4. The number of aliphatic hydroxyl groups is 2. The van der Waals surface area contributed by atoms with E-state index in [1.807, 2.05) is 13.8 Å². The van der Waals surface area contributed by atoms with Crippen LogP contribution in [0, 0.1) is 45.8 Å². The monoisotopic (exact) mass is 470 g/mol. The van der Waals surface area contributed by atoms with Crippen molar-refractivity contribution >= 4 is 0 Å². The Kier molecular flexibility index (Phi) is 6.39. The Labute approximate surface area is 198 Å². The average Bonchev–Trinajstić information content (AvgIpc) is 3.07. The molecule has 3 fully saturated rings. The zero-order chi connectivity index (χ0) is 24.4. The van der Waals surface area contributed by atoms with Crippen molar-refractivity contribution in [2.45, 2.75) is 111 Å². The van der Waals surface area contributed by atoms with Crippen molar-refractivity contribution in [2.24, 2.45) is 45.8 Å². The van der Waals surface area contributed by atoms with E-state index in [1.54, 1.807) is 0 Å². The Balaban J connectivity index is 1.54. The molecule has 0 saturated heterocycles. The molecule has 0 spiro atoms. The summed E-state index contributed by atoms with van der Waals surface area (Å²) in [7, 11) is 0. The van der Waals surface area contributed by atoms with Gasteiger partial charge in [-0.15, -0.1) is 0 Å². The van der Waals surface area contributed by atoms with Gasteiger partial charge in [0.1, 0.15) is 0 Å². The van der Waals surface area contributed by atoms with Crippen LogP contribution in [-0.2, 0) is 0 Å². The van der Waals surface area contributed by atoms with E-state index in [2.05, 4.69) is 26.8 Å². The van der Waals surface area contributed by atoms with Gasteiger partial charge in [-0.2, -0.15) is 13.2 Å². The van der Waals surface area contributed by atoms with Crippen LogP contribution in [0.3, 0.4) is 0 Å². The van der Waals surface area contributed by atoms with Gasteiger partial charge in [-0.05, 0) is 118 Å². The van der Waals surface area contributed by atoms with Crippen molar-refractivity contribution in [1.29, 1.82) is 0 Å². The summed E-state index contributed by atoms with van der Waals surface area (Å²) in [5.41, 5.74) is -1.46. The van der Waals surface area contributed by atoms with Gasteiger partial charge >= 0.3 is 6.18 Å². The van der Waals surface area contributed by atoms with Gasteiger partial charge in [0.15, 0.2) is 0 Å². The van der Waals surface area contributed by atoms with E-state index in [4.69, 9.17) is 0 Å². The number of halogens is 3. The summed E-state index contributed by atoms with van der Waals surface area (Å²) in [5.74, 6) is 2.93. The fourth-order valence-corrected chi connectivity index (χ4v) is 8.95. The Morgan fingerprint density at radius 1 is 1.06 bits per heavy atom. The molecule has 4 unspecified atom stereocenters. The first kappa shape index (κ1) is 25.5. The molecule has 0 aliphatic heterocycles. The largest absolute Gasteiger partial charge is 0.397 e. The van der Waals surface area contributed by atoms with Crippen LogP contribution in [0.2, 0.25) is 0 Å². The molecular weight excluding hydrogens is 425 g/mol. The highest BCUT2D eigenvalue weighted by Crippen LogP contribution is 2.69. The van der Waals surface area contributed by atoms with E-state index in [9.17, 15) is 23.4 Å². The summed E-state index contributed by atoms with van der Waals surface area (Å²) in [6.45, 7) is 10.1. The van der Waals surface area contributed by atoms with E-state index in [0.717, 1.165) is 31.3 Å². The molecule has 4 aliphatic carbocycles. The first-order valence-corrected chi connectivity index (χ1v) is 13.3. The zero-order valence-electron chi connectivity index (χ0n) is 21.3. The molecule has 33 heavy (non-hydrogen) atoms. The van der Waals surface area contributed by atoms with Crippen LogP contribution < -0.4 is 0 Å². The SMILES string of the molecule is C[C@H](CCC(C)(C)O)C1CC[C@H]2C3CC=C4C[C@](CO)(C(F)(F)F)CCC4(C)[C@H]3CCC12C. The standard InChI is InChI=1S/C28H45F3O2/c1-18(10-12-24(2,3)33)21-8-9-22-20-7-6-19-16-27(17-32,28(29,30)31)15-14-25(19,4)23(20)11-13-26(21,22)5/h6,18,20-23,32-33H,7-17H2,1-5H3/t18-,20?,21?,22+,23+,25?,26?,27-/m1/s1. The lowest BCUT2D eigenvalue weighted by molar-refractivity contribution is -0.247. The minimum atomic E-state index is -4.36. The fourth-order valence-electron chi connectivity index (χ4n) is 8.95. The van der Waals surface area contributed by atoms with E-state index >= 15 is 0 Å². The van der Waals surface area contributed by atoms with Gasteiger partial charge in [0, 0.05) is 0 Å². The number of allylic oxidation sites excluding steroid dienone is 2. The van der Waals surface area contributed by atoms with Gasteiger partial charge in [0.05, 0.1) is 17.6 Å². The minimum absolute atomic E-state index is 0.0226. The second kappa shape index (κ2) is 8.25. The van der Waals surface area contributed by atoms with Crippen LogP contribution >= 0.6 is 0 Å². The number of rotatable bonds is 5. The van der Waals surface area contributed by atoms with E-state index in [0.29, 0.717) is 41.4 Å². The lowest BCUT2D eigenvalue weighted by atomic mass is 9.45. The van der Waals surface area contributed by atoms with Crippen LogP contribution in [-0.4, -0.2) is 28.6 Å². The van der Waals surface area contributed by atoms with Gasteiger partial charge in [0.25, 0.3) is 0 Å². The molecular formula is C28H45F3O2. The lowest BCUT2D eigenvalue weighted by Crippen LogP contribution is -2.54. The highest BCUT2D eigenvalue weighted by Gasteiger charge is 2.63. The number of fused-ring (bicyclic) bond motifs is 5. The molecule has 190 valence electrons. The van der Waals surface area contributed by atoms with Gasteiger partial charge < -0.3 is 10.2 Å². The summed E-state index contributed by atoms with van der Waals surface area (Å²) in [5, 5.41) is 20.0. The number of hydrogen-bond donors (Lipinski definition) is 2. The van der Waals surface area contributed by atoms with Gasteiger partial charge in [-0.25, -0.2) is 0 Å². The lowest BCUT2D eigenvalue weighted by Gasteiger charge is -2.60. The Bertz CT molecular complexity index is 768. The average molecular weight is 471 g/mol. The Morgan fingerprint density at radius 3 is 2.36 bits per heavy atom. The molecule has 3 saturated carbocycles. The van der Waals surface area contributed by atoms with E-state index in [1.165, 1.54) is 19.3 Å². The van der Waals surface area contributed by atoms with E-state index < -0.39 is 23.8 Å². The molecule has 2 N–H and O–H groups in total. The van der Waals surface area contributed by atoms with Crippen molar-refractivity contribution in [1.82, 2.24) is 0 Å². The van der Waals surface area contributed by atoms with Crippen LogP contribution in [0.5, 0.6) is 0 Å². The normalized spacial score (nSPS) is 44.5. The summed E-state index contributed by atoms with van der Waals surface area (Å²) in [6.07, 6.45) is 5.90. The first-order chi connectivity index (χ1) is 15.2. The topological polar surface area (TPSA) is 40.5 Å². The van der Waals surface area contributed by atoms with Crippen LogP contribution in [0.1, 0.15) is 98.8 Å². The van der Waals surface area contributed by atoms with Gasteiger partial charge in [-0.1, -0.05) is 32.4 Å². The predicted octanol–water partition coefficient (Wildman–Crippen LogP) is 7.29. The highest BCUT2D eigenvalue weighted by molar-refractivity contribution is 5.27. The third-order valence-corrected chi connectivity index (χ3v) is 11.2. The molecule has 0 aromatic heterocycles. The van der Waals surface area contributed by atoms with E-state index in [-0.39, 0.29) is 18.3 Å². The predicted molar refractivity (Wildman–Crippen MR) is 125 cm³/mol. The smallest absolute Gasteiger partial charge is 0.395 e. The van der Waals surface area contributed by atoms with Gasteiger partial charge in [-0.3, -0.25) is 0 Å². The summed E-state index contributed by atoms with van der Waals surface area (Å²) >= 11 is 0. The minimum Gasteiger partial charge on any atom is -0.395 e. The summed E-state index contributed by atoms with van der Waals surface area (Å²) < 4.78 is 41.7. The summed E-state index contributed by atoms with van der Waals surface area (Å²) in [6, 6.07) is 0. The van der Waals surface area contributed by atoms with Crippen molar-refractivity contribution in [3.63, 3.8) is 0 Å². The van der Waals surface area contributed by atoms with Crippen LogP contribution in [0.4, 0.5) is 13.2 Å². The molecule has 0 amide bonds. The third-order valence-electron chi connectivity index (χ3n) is 11.2. The number of alkyl halides is 3. The molecule has 4 aliphatic rings. The van der Waals surface area contributed by atoms with Crippen molar-refractivity contribution in [3.05, 3.63) is 11.6 Å². The molecule has 5 heteroatoms. The second-order valence-electron chi connectivity index (χ2n) is 13.4. The number of hydrogen-bond acceptors (Lipinski definition) is 2. The Hall–Kier alpha value is -0.550. The second-order valence-corrected chi connectivity index (χ2v) is 13.4. The van der Waals surface area contributed by atoms with Crippen molar-refractivity contribution in [3.8, 4) is 0 Å². The quantitative estimate of drug-likeness (QED) is 0.414. The summed E-state index contributed by atoms with van der Waals surface area (Å²) in [4.78, 5) is 0. The molecule has 0 radical (unpaired) electrons. The van der Waals surface area contributed by atoms with Crippen LogP contribution in [0.25, 0.3) is 0 Å². The van der Waals surface area contributed by atoms with Crippen molar-refractivity contribution in [2.75, 3.05) is 6.61 Å². The maximum atomic E-state index is 13.9. The van der Waals surface area contributed by atoms with Crippen LogP contribution in [0.15, 0.2) is 11.6 Å². The molecule has 8 atom stereocenters. The molecule has 0 aromatic rings. The molecule has 2 nitrogen and oxygen atoms in total. The first-order valence-electron chi connectivity index (χ1n) is 13.3. The number of aliphatic hydroxyl groups excluding tert-OH is 1. The Morgan fingerprint density at radius 2 is 1.76 bits per heavy atom. The molecule has 0 bridgehead atoms. The molecule has 0 aromatic carbocycles. The zero-order valence-corrected chi connectivity index (χ0v) is 21.3. The fraction of sp³-hybridized carbons (Fsp3) is 0.929. The molecule has 0 heterocycles. The third kappa shape index (κ3) is 4.11. The maximum absolute atomic E-state index is 13.9.